The lowest BCUT2D eigenvalue weighted by atomic mass is 9.63. The summed E-state index contributed by atoms with van der Waals surface area (Å²) < 4.78 is 5.28. The van der Waals surface area contributed by atoms with Crippen molar-refractivity contribution in [1.29, 1.82) is 0 Å². The van der Waals surface area contributed by atoms with Crippen LogP contribution in [0.1, 0.15) is 51.2 Å². The molecular formula is C27H38N2O2. The van der Waals surface area contributed by atoms with Gasteiger partial charge in [-0.2, -0.15) is 0 Å². The van der Waals surface area contributed by atoms with Gasteiger partial charge in [0.25, 0.3) is 0 Å². The van der Waals surface area contributed by atoms with E-state index >= 15 is 0 Å². The van der Waals surface area contributed by atoms with Crippen molar-refractivity contribution < 1.29 is 9.53 Å². The molecule has 0 N–H and O–H groups in total. The van der Waals surface area contributed by atoms with Crippen LogP contribution in [0.15, 0.2) is 54.6 Å². The Labute approximate surface area is 188 Å². The fourth-order valence-electron chi connectivity index (χ4n) is 5.14. The Morgan fingerprint density at radius 3 is 2.42 bits per heavy atom. The summed E-state index contributed by atoms with van der Waals surface area (Å²) in [6, 6.07) is 19.5. The fraction of sp³-hybridized carbons (Fsp3) is 0.519. The smallest absolute Gasteiger partial charge is 0.222 e. The summed E-state index contributed by atoms with van der Waals surface area (Å²) in [6.45, 7) is 9.16. The van der Waals surface area contributed by atoms with Gasteiger partial charge in [-0.1, -0.05) is 56.3 Å². The molecule has 0 aromatic heterocycles. The maximum absolute atomic E-state index is 12.8. The van der Waals surface area contributed by atoms with Gasteiger partial charge in [-0.15, -0.1) is 0 Å². The number of hydrogen-bond donors (Lipinski definition) is 0. The lowest BCUT2D eigenvalue weighted by Gasteiger charge is -2.50. The summed E-state index contributed by atoms with van der Waals surface area (Å²) in [5.41, 5.74) is 2.64. The van der Waals surface area contributed by atoms with Gasteiger partial charge in [-0.3, -0.25) is 4.79 Å². The highest BCUT2D eigenvalue weighted by atomic mass is 16.5. The minimum absolute atomic E-state index is 0.0827. The summed E-state index contributed by atoms with van der Waals surface area (Å²) in [6.07, 6.45) is 2.63. The van der Waals surface area contributed by atoms with Gasteiger partial charge in [-0.25, -0.2) is 0 Å². The van der Waals surface area contributed by atoms with Gasteiger partial charge in [-0.05, 0) is 56.0 Å². The number of likely N-dealkylation sites (tertiary alicyclic amines) is 1. The maximum atomic E-state index is 12.8. The van der Waals surface area contributed by atoms with Gasteiger partial charge < -0.3 is 14.5 Å². The highest BCUT2D eigenvalue weighted by Crippen LogP contribution is 2.44. The van der Waals surface area contributed by atoms with Crippen molar-refractivity contribution in [3.63, 3.8) is 0 Å². The zero-order valence-corrected chi connectivity index (χ0v) is 19.8. The third-order valence-electron chi connectivity index (χ3n) is 7.28. The number of ether oxygens (including phenoxy) is 1. The average Bonchev–Trinajstić information content (AvgIpc) is 2.80. The summed E-state index contributed by atoms with van der Waals surface area (Å²) in [5.74, 6) is 1.58. The highest BCUT2D eigenvalue weighted by molar-refractivity contribution is 5.75. The van der Waals surface area contributed by atoms with E-state index in [1.165, 1.54) is 5.56 Å². The van der Waals surface area contributed by atoms with Crippen LogP contribution in [0, 0.1) is 5.92 Å². The number of piperidine rings is 1. The fourth-order valence-corrected chi connectivity index (χ4v) is 5.14. The Balaban J connectivity index is 1.84. The van der Waals surface area contributed by atoms with Crippen molar-refractivity contribution in [3.8, 4) is 5.75 Å². The van der Waals surface area contributed by atoms with E-state index < -0.39 is 0 Å². The lowest BCUT2D eigenvalue weighted by molar-refractivity contribution is -0.131. The molecule has 1 fully saturated rings. The first-order chi connectivity index (χ1) is 14.9. The molecule has 0 unspecified atom stereocenters. The van der Waals surface area contributed by atoms with Gasteiger partial charge >= 0.3 is 0 Å². The average molecular weight is 423 g/mol. The molecular weight excluding hydrogens is 384 g/mol. The Morgan fingerprint density at radius 2 is 1.81 bits per heavy atom. The quantitative estimate of drug-likeness (QED) is 0.592. The summed E-state index contributed by atoms with van der Waals surface area (Å²) in [7, 11) is 3.90. The number of benzene rings is 2. The normalized spacial score (nSPS) is 24.0. The molecule has 168 valence electrons. The van der Waals surface area contributed by atoms with Gasteiger partial charge in [0.1, 0.15) is 5.75 Å². The molecule has 2 aromatic carbocycles. The minimum Gasteiger partial charge on any atom is -0.497 e. The number of carbonyl (C=O) groups is 1. The predicted octanol–water partition coefficient (Wildman–Crippen LogP) is 5.12. The minimum atomic E-state index is 0.0827. The number of amides is 1. The van der Waals surface area contributed by atoms with Crippen LogP contribution in [0.5, 0.6) is 5.75 Å². The van der Waals surface area contributed by atoms with Gasteiger partial charge in [0, 0.05) is 37.5 Å². The number of carbonyl (C=O) groups excluding carboxylic acids is 1. The van der Waals surface area contributed by atoms with Gasteiger partial charge in [0.15, 0.2) is 0 Å². The molecule has 3 rings (SSSR count). The largest absolute Gasteiger partial charge is 0.497 e. The van der Waals surface area contributed by atoms with E-state index in [1.807, 2.05) is 24.0 Å². The molecule has 4 heteroatoms. The van der Waals surface area contributed by atoms with E-state index in [2.05, 4.69) is 68.3 Å². The number of hydrogen-bond acceptors (Lipinski definition) is 3. The number of methoxy groups -OCH3 is 1. The zero-order chi connectivity index (χ0) is 22.4. The molecule has 0 saturated carbocycles. The van der Waals surface area contributed by atoms with Crippen molar-refractivity contribution in [2.75, 3.05) is 27.2 Å². The highest BCUT2D eigenvalue weighted by Gasteiger charge is 2.43. The topological polar surface area (TPSA) is 32.8 Å². The molecule has 2 aromatic rings. The summed E-state index contributed by atoms with van der Waals surface area (Å²) >= 11 is 0. The van der Waals surface area contributed by atoms with Crippen LogP contribution < -0.4 is 4.74 Å². The second-order valence-electron chi connectivity index (χ2n) is 9.18. The predicted molar refractivity (Wildman–Crippen MR) is 127 cm³/mol. The zero-order valence-electron chi connectivity index (χ0n) is 19.8. The van der Waals surface area contributed by atoms with Crippen molar-refractivity contribution in [2.24, 2.45) is 5.92 Å². The first kappa shape index (κ1) is 23.3. The summed E-state index contributed by atoms with van der Waals surface area (Å²) in [5, 5.41) is 0. The Kier molecular flexibility index (Phi) is 7.77. The molecule has 0 radical (unpaired) electrons. The van der Waals surface area contributed by atoms with Crippen LogP contribution in [0.25, 0.3) is 0 Å². The molecule has 1 heterocycles. The monoisotopic (exact) mass is 422 g/mol. The van der Waals surface area contributed by atoms with Crippen molar-refractivity contribution in [3.05, 3.63) is 65.7 Å². The molecule has 1 saturated heterocycles. The van der Waals surface area contributed by atoms with E-state index in [9.17, 15) is 4.79 Å². The molecule has 0 bridgehead atoms. The maximum Gasteiger partial charge on any atom is 0.222 e. The van der Waals surface area contributed by atoms with Crippen LogP contribution in [0.3, 0.4) is 0 Å². The van der Waals surface area contributed by atoms with Crippen molar-refractivity contribution in [1.82, 2.24) is 9.80 Å². The molecule has 1 aliphatic heterocycles. The molecule has 0 spiro atoms. The molecule has 0 aliphatic carbocycles. The van der Waals surface area contributed by atoms with Crippen molar-refractivity contribution >= 4 is 5.91 Å². The standard InChI is InChI=1S/C27H38N2O2/c1-6-26(30)29(20-23-12-14-25(31-5)15-13-23)17-16-27(24-10-8-7-9-11-24)18-22(3)28(4)19-21(27)2/h7-15,21-22H,6,16-20H2,1-5H3/t21-,22-,27-/m0/s1. The second kappa shape index (κ2) is 10.3. The molecule has 4 nitrogen and oxygen atoms in total. The third-order valence-corrected chi connectivity index (χ3v) is 7.28. The van der Waals surface area contributed by atoms with Gasteiger partial charge in [0.05, 0.1) is 7.11 Å². The Bertz CT molecular complexity index is 836. The lowest BCUT2D eigenvalue weighted by Crippen LogP contribution is -2.52. The first-order valence-electron chi connectivity index (χ1n) is 11.6. The number of rotatable bonds is 8. The van der Waals surface area contributed by atoms with Gasteiger partial charge in [0.2, 0.25) is 5.91 Å². The van der Waals surface area contributed by atoms with Crippen LogP contribution >= 0.6 is 0 Å². The number of nitrogens with zero attached hydrogens (tertiary/aromatic N) is 2. The van der Waals surface area contributed by atoms with Crippen LogP contribution in [-0.4, -0.2) is 49.0 Å². The van der Waals surface area contributed by atoms with Crippen LogP contribution in [0.4, 0.5) is 0 Å². The van der Waals surface area contributed by atoms with E-state index in [0.29, 0.717) is 24.9 Å². The molecule has 1 amide bonds. The molecule has 1 aliphatic rings. The van der Waals surface area contributed by atoms with Crippen LogP contribution in [0.2, 0.25) is 0 Å². The van der Waals surface area contributed by atoms with E-state index in [4.69, 9.17) is 4.74 Å². The third kappa shape index (κ3) is 5.30. The van der Waals surface area contributed by atoms with E-state index in [-0.39, 0.29) is 11.3 Å². The molecule has 3 atom stereocenters. The van der Waals surface area contributed by atoms with E-state index in [0.717, 1.165) is 37.2 Å². The Morgan fingerprint density at radius 1 is 1.13 bits per heavy atom. The second-order valence-corrected chi connectivity index (χ2v) is 9.18. The Hall–Kier alpha value is -2.33. The molecule has 31 heavy (non-hydrogen) atoms. The first-order valence-corrected chi connectivity index (χ1v) is 11.6. The van der Waals surface area contributed by atoms with E-state index in [1.54, 1.807) is 7.11 Å². The summed E-state index contributed by atoms with van der Waals surface area (Å²) in [4.78, 5) is 17.4. The van der Waals surface area contributed by atoms with Crippen molar-refractivity contribution in [2.45, 2.75) is 58.0 Å². The van der Waals surface area contributed by atoms with Crippen LogP contribution in [-0.2, 0) is 16.8 Å². The SMILES string of the molecule is CCC(=O)N(CC[C@]1(c2ccccc2)C[C@H](C)N(C)C[C@@H]1C)Cc1ccc(OC)cc1.